The second kappa shape index (κ2) is 5.24. The number of aromatic nitrogens is 1. The molecule has 0 radical (unpaired) electrons. The molecule has 0 aromatic carbocycles. The van der Waals surface area contributed by atoms with Gasteiger partial charge in [0.1, 0.15) is 0 Å². The van der Waals surface area contributed by atoms with Crippen LogP contribution in [0.4, 0.5) is 5.69 Å². The van der Waals surface area contributed by atoms with Crippen LogP contribution in [0.5, 0.6) is 0 Å². The number of nitrogens with one attached hydrogen (secondary N) is 1. The normalized spacial score (nSPS) is 10.1. The third-order valence-electron chi connectivity index (χ3n) is 1.77. The molecule has 0 fully saturated rings. The van der Waals surface area contributed by atoms with Gasteiger partial charge in [-0.15, -0.1) is 0 Å². The van der Waals surface area contributed by atoms with E-state index in [9.17, 15) is 9.59 Å². The van der Waals surface area contributed by atoms with Gasteiger partial charge in [-0.1, -0.05) is 13.8 Å². The highest BCUT2D eigenvalue weighted by atomic mass is 16.1. The van der Waals surface area contributed by atoms with E-state index in [1.54, 1.807) is 6.07 Å². The summed E-state index contributed by atoms with van der Waals surface area (Å²) in [6, 6.07) is 1.60. The zero-order chi connectivity index (χ0) is 11.3. The Morgan fingerprint density at radius 3 is 2.87 bits per heavy atom. The van der Waals surface area contributed by atoms with Crippen LogP contribution < -0.4 is 5.32 Å². The number of hydrogen-bond donors (Lipinski definition) is 1. The van der Waals surface area contributed by atoms with Crippen molar-refractivity contribution < 1.29 is 9.59 Å². The quantitative estimate of drug-likeness (QED) is 0.765. The number of hydrogen-bond acceptors (Lipinski definition) is 3. The smallest absolute Gasteiger partial charge is 0.224 e. The van der Waals surface area contributed by atoms with Crippen LogP contribution in [0.2, 0.25) is 0 Å². The lowest BCUT2D eigenvalue weighted by atomic mass is 10.1. The van der Waals surface area contributed by atoms with Gasteiger partial charge in [0.05, 0.1) is 11.9 Å². The van der Waals surface area contributed by atoms with E-state index >= 15 is 0 Å². The molecule has 0 spiro atoms. The molecular formula is C11H14N2O2. The SMILES string of the molecule is CC(C)CC(=O)Nc1cncc(C=O)c1. The molecule has 1 rings (SSSR count). The third-order valence-corrected chi connectivity index (χ3v) is 1.77. The van der Waals surface area contributed by atoms with Crippen molar-refractivity contribution in [2.24, 2.45) is 5.92 Å². The number of carbonyl (C=O) groups is 2. The first-order valence-electron chi connectivity index (χ1n) is 4.82. The molecule has 0 unspecified atom stereocenters. The minimum Gasteiger partial charge on any atom is -0.325 e. The van der Waals surface area contributed by atoms with Crippen LogP contribution in [0.3, 0.4) is 0 Å². The van der Waals surface area contributed by atoms with E-state index in [0.29, 0.717) is 29.9 Å². The summed E-state index contributed by atoms with van der Waals surface area (Å²) in [7, 11) is 0. The van der Waals surface area contributed by atoms with Crippen LogP contribution >= 0.6 is 0 Å². The zero-order valence-corrected chi connectivity index (χ0v) is 8.86. The molecule has 80 valence electrons. The van der Waals surface area contributed by atoms with Crippen LogP contribution in [0.25, 0.3) is 0 Å². The summed E-state index contributed by atoms with van der Waals surface area (Å²) in [6.45, 7) is 3.94. The van der Waals surface area contributed by atoms with Gasteiger partial charge in [-0.2, -0.15) is 0 Å². The van der Waals surface area contributed by atoms with Crippen molar-refractivity contribution in [3.63, 3.8) is 0 Å². The second-order valence-electron chi connectivity index (χ2n) is 3.77. The lowest BCUT2D eigenvalue weighted by Gasteiger charge is -2.06. The van der Waals surface area contributed by atoms with Crippen molar-refractivity contribution in [1.82, 2.24) is 4.98 Å². The minimum absolute atomic E-state index is 0.0603. The highest BCUT2D eigenvalue weighted by molar-refractivity contribution is 5.91. The molecule has 15 heavy (non-hydrogen) atoms. The fourth-order valence-electron chi connectivity index (χ4n) is 1.17. The topological polar surface area (TPSA) is 59.1 Å². The summed E-state index contributed by atoms with van der Waals surface area (Å²) in [6.07, 6.45) is 4.13. The van der Waals surface area contributed by atoms with E-state index in [2.05, 4.69) is 10.3 Å². The van der Waals surface area contributed by atoms with Gasteiger partial charge in [-0.3, -0.25) is 14.6 Å². The summed E-state index contributed by atoms with van der Waals surface area (Å²) in [5, 5.41) is 2.69. The molecule has 1 amide bonds. The Hall–Kier alpha value is -1.71. The Bertz CT molecular complexity index is 361. The van der Waals surface area contributed by atoms with Gasteiger partial charge in [-0.25, -0.2) is 0 Å². The first kappa shape index (κ1) is 11.4. The number of amides is 1. The maximum Gasteiger partial charge on any atom is 0.224 e. The van der Waals surface area contributed by atoms with Crippen LogP contribution in [-0.2, 0) is 4.79 Å². The molecule has 0 aliphatic heterocycles. The monoisotopic (exact) mass is 206 g/mol. The molecule has 1 aromatic rings. The van der Waals surface area contributed by atoms with Crippen molar-refractivity contribution in [2.75, 3.05) is 5.32 Å². The standard InChI is InChI=1S/C11H14N2O2/c1-8(2)3-11(15)13-10-4-9(7-14)5-12-6-10/h4-8H,3H2,1-2H3,(H,13,15). The van der Waals surface area contributed by atoms with E-state index in [-0.39, 0.29) is 5.91 Å². The molecule has 0 aliphatic carbocycles. The van der Waals surface area contributed by atoms with E-state index in [0.717, 1.165) is 0 Å². The highest BCUT2D eigenvalue weighted by Crippen LogP contribution is 2.08. The molecule has 4 nitrogen and oxygen atoms in total. The first-order chi connectivity index (χ1) is 7.11. The minimum atomic E-state index is -0.0603. The van der Waals surface area contributed by atoms with Gasteiger partial charge in [-0.05, 0) is 12.0 Å². The Morgan fingerprint density at radius 2 is 2.27 bits per heavy atom. The summed E-state index contributed by atoms with van der Waals surface area (Å²) < 4.78 is 0. The van der Waals surface area contributed by atoms with E-state index in [4.69, 9.17) is 0 Å². The molecule has 4 heteroatoms. The molecule has 1 heterocycles. The summed E-state index contributed by atoms with van der Waals surface area (Å²) in [5.41, 5.74) is 1.02. The average Bonchev–Trinajstić information content (AvgIpc) is 2.16. The number of pyridine rings is 1. The maximum atomic E-state index is 11.4. The average molecular weight is 206 g/mol. The third kappa shape index (κ3) is 3.89. The maximum absolute atomic E-state index is 11.4. The van der Waals surface area contributed by atoms with Crippen molar-refractivity contribution >= 4 is 17.9 Å². The van der Waals surface area contributed by atoms with Gasteiger partial charge in [0, 0.05) is 18.2 Å². The number of anilines is 1. The van der Waals surface area contributed by atoms with Crippen LogP contribution in [0.15, 0.2) is 18.5 Å². The van der Waals surface area contributed by atoms with Gasteiger partial charge in [0.15, 0.2) is 6.29 Å². The van der Waals surface area contributed by atoms with Crippen molar-refractivity contribution in [2.45, 2.75) is 20.3 Å². The van der Waals surface area contributed by atoms with Crippen LogP contribution in [-0.4, -0.2) is 17.2 Å². The van der Waals surface area contributed by atoms with E-state index in [1.807, 2.05) is 13.8 Å². The van der Waals surface area contributed by atoms with Gasteiger partial charge in [0.25, 0.3) is 0 Å². The van der Waals surface area contributed by atoms with Crippen LogP contribution in [0.1, 0.15) is 30.6 Å². The van der Waals surface area contributed by atoms with Crippen molar-refractivity contribution in [1.29, 1.82) is 0 Å². The Balaban J connectivity index is 2.64. The van der Waals surface area contributed by atoms with E-state index < -0.39 is 0 Å². The first-order valence-corrected chi connectivity index (χ1v) is 4.82. The summed E-state index contributed by atoms with van der Waals surface area (Å²) >= 11 is 0. The Labute approximate surface area is 88.7 Å². The molecule has 0 saturated heterocycles. The van der Waals surface area contributed by atoms with E-state index in [1.165, 1.54) is 12.4 Å². The van der Waals surface area contributed by atoms with Crippen molar-refractivity contribution in [3.8, 4) is 0 Å². The molecule has 0 bridgehead atoms. The molecule has 1 aromatic heterocycles. The number of nitrogens with zero attached hydrogens (tertiary/aromatic N) is 1. The lowest BCUT2D eigenvalue weighted by Crippen LogP contribution is -2.14. The molecule has 0 aliphatic rings. The van der Waals surface area contributed by atoms with Gasteiger partial charge < -0.3 is 5.32 Å². The predicted molar refractivity (Wildman–Crippen MR) is 57.7 cm³/mol. The van der Waals surface area contributed by atoms with Crippen LogP contribution in [0, 0.1) is 5.92 Å². The number of rotatable bonds is 4. The number of aldehydes is 1. The Morgan fingerprint density at radius 1 is 1.53 bits per heavy atom. The zero-order valence-electron chi connectivity index (χ0n) is 8.86. The van der Waals surface area contributed by atoms with Crippen molar-refractivity contribution in [3.05, 3.63) is 24.0 Å². The molecule has 1 N–H and O–H groups in total. The number of carbonyl (C=O) groups excluding carboxylic acids is 2. The highest BCUT2D eigenvalue weighted by Gasteiger charge is 2.05. The summed E-state index contributed by atoms with van der Waals surface area (Å²) in [4.78, 5) is 25.7. The lowest BCUT2D eigenvalue weighted by molar-refractivity contribution is -0.116. The summed E-state index contributed by atoms with van der Waals surface area (Å²) in [5.74, 6) is 0.252. The molecule has 0 atom stereocenters. The largest absolute Gasteiger partial charge is 0.325 e. The fourth-order valence-corrected chi connectivity index (χ4v) is 1.17. The predicted octanol–water partition coefficient (Wildman–Crippen LogP) is 1.88. The Kier molecular flexibility index (Phi) is 3.97. The molecular weight excluding hydrogens is 192 g/mol. The van der Waals surface area contributed by atoms with Gasteiger partial charge >= 0.3 is 0 Å². The molecule has 0 saturated carbocycles. The van der Waals surface area contributed by atoms with Gasteiger partial charge in [0.2, 0.25) is 5.91 Å². The second-order valence-corrected chi connectivity index (χ2v) is 3.77. The fraction of sp³-hybridized carbons (Fsp3) is 0.364.